The summed E-state index contributed by atoms with van der Waals surface area (Å²) >= 11 is 0. The van der Waals surface area contributed by atoms with Crippen LogP contribution in [0.5, 0.6) is 0 Å². The Morgan fingerprint density at radius 3 is 2.32 bits per heavy atom. The van der Waals surface area contributed by atoms with Crippen LogP contribution in [0.3, 0.4) is 0 Å². The maximum atomic E-state index is 13.5. The van der Waals surface area contributed by atoms with Crippen molar-refractivity contribution in [3.63, 3.8) is 0 Å². The van der Waals surface area contributed by atoms with Crippen molar-refractivity contribution in [2.75, 3.05) is 5.32 Å². The van der Waals surface area contributed by atoms with Gasteiger partial charge in [-0.3, -0.25) is 23.4 Å². The largest absolute Gasteiger partial charge is 0.332 e. The van der Waals surface area contributed by atoms with Crippen LogP contribution in [0.15, 0.2) is 70.3 Å². The van der Waals surface area contributed by atoms with E-state index in [1.165, 1.54) is 14.0 Å². The number of benzene rings is 2. The summed E-state index contributed by atoms with van der Waals surface area (Å²) < 4.78 is 4.58. The lowest BCUT2D eigenvalue weighted by Gasteiger charge is -2.12. The molecule has 2 heterocycles. The van der Waals surface area contributed by atoms with E-state index < -0.39 is 0 Å². The second kappa shape index (κ2) is 10.8. The van der Waals surface area contributed by atoms with Gasteiger partial charge in [0, 0.05) is 31.8 Å². The maximum absolute atomic E-state index is 13.5. The van der Waals surface area contributed by atoms with E-state index in [0.717, 1.165) is 27.7 Å². The summed E-state index contributed by atoms with van der Waals surface area (Å²) in [6.07, 6.45) is 3.00. The van der Waals surface area contributed by atoms with Gasteiger partial charge in [-0.1, -0.05) is 69.3 Å². The van der Waals surface area contributed by atoms with Crippen molar-refractivity contribution in [3.05, 3.63) is 87.1 Å². The Bertz CT molecular complexity index is 1570. The first-order valence-corrected chi connectivity index (χ1v) is 12.5. The van der Waals surface area contributed by atoms with Gasteiger partial charge in [0.1, 0.15) is 5.39 Å². The highest BCUT2D eigenvalue weighted by atomic mass is 16.2. The Balaban J connectivity index is 2.00. The van der Waals surface area contributed by atoms with Crippen molar-refractivity contribution in [2.45, 2.75) is 47.2 Å². The van der Waals surface area contributed by atoms with Crippen LogP contribution >= 0.6 is 0 Å². The fraction of sp³-hybridized carbons (Fsp3) is 0.310. The van der Waals surface area contributed by atoms with E-state index in [2.05, 4.69) is 30.4 Å². The number of allylic oxidation sites excluding steroid dienone is 2. The van der Waals surface area contributed by atoms with Gasteiger partial charge >= 0.3 is 5.69 Å². The van der Waals surface area contributed by atoms with Crippen molar-refractivity contribution in [1.82, 2.24) is 18.9 Å². The number of hydrogen-bond acceptors (Lipinski definition) is 4. The normalized spacial score (nSPS) is 11.9. The van der Waals surface area contributed by atoms with Crippen molar-refractivity contribution >= 4 is 28.2 Å². The summed E-state index contributed by atoms with van der Waals surface area (Å²) in [7, 11) is 1.51. The van der Waals surface area contributed by atoms with Crippen molar-refractivity contribution < 1.29 is 4.79 Å². The zero-order chi connectivity index (χ0) is 26.7. The second-order valence-corrected chi connectivity index (χ2v) is 9.62. The van der Waals surface area contributed by atoms with Gasteiger partial charge in [-0.25, -0.2) is 4.79 Å². The highest BCUT2D eigenvalue weighted by Gasteiger charge is 2.23. The van der Waals surface area contributed by atoms with Gasteiger partial charge in [0.05, 0.1) is 12.2 Å². The van der Waals surface area contributed by atoms with Crippen molar-refractivity contribution in [3.8, 4) is 11.3 Å². The quantitative estimate of drug-likeness (QED) is 0.381. The van der Waals surface area contributed by atoms with Gasteiger partial charge in [-0.2, -0.15) is 5.10 Å². The second-order valence-electron chi connectivity index (χ2n) is 9.62. The SMILES string of the molecule is CCC=C(Cn1nc2c(c1-c1ccc(NC(C)=O)cc1)c(=O)n(C)c(=O)n2CC(C)C)c1ccccc1. The van der Waals surface area contributed by atoms with Crippen LogP contribution in [0.25, 0.3) is 27.9 Å². The van der Waals surface area contributed by atoms with Crippen LogP contribution in [0.4, 0.5) is 5.69 Å². The van der Waals surface area contributed by atoms with E-state index in [1.54, 1.807) is 16.7 Å². The van der Waals surface area contributed by atoms with Gasteiger partial charge in [-0.05, 0) is 35.6 Å². The predicted octanol–water partition coefficient (Wildman–Crippen LogP) is 4.67. The molecule has 192 valence electrons. The molecule has 0 aliphatic heterocycles. The average Bonchev–Trinajstić information content (AvgIpc) is 3.24. The fourth-order valence-electron chi connectivity index (χ4n) is 4.55. The molecule has 8 nitrogen and oxygen atoms in total. The summed E-state index contributed by atoms with van der Waals surface area (Å²) in [4.78, 5) is 38.1. The summed E-state index contributed by atoms with van der Waals surface area (Å²) in [5.74, 6) is 0.0239. The summed E-state index contributed by atoms with van der Waals surface area (Å²) in [6, 6.07) is 17.4. The molecule has 0 saturated carbocycles. The van der Waals surface area contributed by atoms with Crippen LogP contribution in [0.2, 0.25) is 0 Å². The van der Waals surface area contributed by atoms with E-state index in [9.17, 15) is 14.4 Å². The third-order valence-electron chi connectivity index (χ3n) is 6.17. The Labute approximate surface area is 215 Å². The number of anilines is 1. The number of carbonyl (C=O) groups is 1. The van der Waals surface area contributed by atoms with Gasteiger partial charge in [0.25, 0.3) is 5.56 Å². The molecule has 4 aromatic rings. The monoisotopic (exact) mass is 499 g/mol. The molecule has 0 saturated heterocycles. The first-order chi connectivity index (χ1) is 17.7. The fourth-order valence-corrected chi connectivity index (χ4v) is 4.55. The summed E-state index contributed by atoms with van der Waals surface area (Å²) in [5, 5.41) is 8.06. The highest BCUT2D eigenvalue weighted by molar-refractivity contribution is 5.93. The van der Waals surface area contributed by atoms with Crippen molar-refractivity contribution in [2.24, 2.45) is 13.0 Å². The highest BCUT2D eigenvalue weighted by Crippen LogP contribution is 2.30. The van der Waals surface area contributed by atoms with Crippen LogP contribution in [0.1, 0.15) is 39.7 Å². The molecule has 8 heteroatoms. The molecule has 0 fully saturated rings. The van der Waals surface area contributed by atoms with E-state index >= 15 is 0 Å². The molecule has 0 aliphatic carbocycles. The Hall–Kier alpha value is -4.20. The van der Waals surface area contributed by atoms with Crippen LogP contribution in [-0.2, 0) is 24.9 Å². The number of amides is 1. The summed E-state index contributed by atoms with van der Waals surface area (Å²) in [6.45, 7) is 8.46. The molecule has 37 heavy (non-hydrogen) atoms. The standard InChI is InChI=1S/C29H33N5O3/c1-6-10-23(21-11-8-7-9-12-21)18-34-26(22-13-15-24(16-14-22)30-20(4)35)25-27(31-34)33(17-19(2)3)29(37)32(5)28(25)36/h7-16,19H,6,17-18H2,1-5H3,(H,30,35). The Morgan fingerprint density at radius 1 is 1.05 bits per heavy atom. The van der Waals surface area contributed by atoms with Gasteiger partial charge < -0.3 is 5.32 Å². The van der Waals surface area contributed by atoms with Crippen LogP contribution < -0.4 is 16.6 Å². The number of rotatable bonds is 8. The molecule has 0 atom stereocenters. The molecule has 2 aromatic heterocycles. The lowest BCUT2D eigenvalue weighted by atomic mass is 10.0. The van der Waals surface area contributed by atoms with Gasteiger partial charge in [0.15, 0.2) is 5.65 Å². The number of nitrogens with zero attached hydrogens (tertiary/aromatic N) is 4. The minimum absolute atomic E-state index is 0.160. The molecule has 1 N–H and O–H groups in total. The third kappa shape index (κ3) is 5.33. The lowest BCUT2D eigenvalue weighted by Crippen LogP contribution is -2.38. The first-order valence-electron chi connectivity index (χ1n) is 12.5. The third-order valence-corrected chi connectivity index (χ3v) is 6.17. The van der Waals surface area contributed by atoms with E-state index in [4.69, 9.17) is 5.10 Å². The lowest BCUT2D eigenvalue weighted by molar-refractivity contribution is -0.114. The number of fused-ring (bicyclic) bond motifs is 1. The minimum atomic E-state index is -0.382. The summed E-state index contributed by atoms with van der Waals surface area (Å²) in [5.41, 5.74) is 3.83. The number of hydrogen-bond donors (Lipinski definition) is 1. The number of nitrogens with one attached hydrogen (secondary N) is 1. The zero-order valence-corrected chi connectivity index (χ0v) is 22.0. The molecule has 0 radical (unpaired) electrons. The molecular weight excluding hydrogens is 466 g/mol. The molecule has 4 rings (SSSR count). The smallest absolute Gasteiger partial charge is 0.326 e. The molecule has 0 aliphatic rings. The van der Waals surface area contributed by atoms with Crippen molar-refractivity contribution in [1.29, 1.82) is 0 Å². The van der Waals surface area contributed by atoms with E-state index in [1.807, 2.05) is 48.9 Å². The first kappa shape index (κ1) is 25.9. The molecule has 0 bridgehead atoms. The molecule has 0 spiro atoms. The van der Waals surface area contributed by atoms with Crippen LogP contribution in [0, 0.1) is 5.92 Å². The molecule has 0 unspecified atom stereocenters. The van der Waals surface area contributed by atoms with Crippen LogP contribution in [-0.4, -0.2) is 24.8 Å². The number of aromatic nitrogens is 4. The van der Waals surface area contributed by atoms with Gasteiger partial charge in [0.2, 0.25) is 5.91 Å². The van der Waals surface area contributed by atoms with E-state index in [0.29, 0.717) is 35.5 Å². The molecule has 1 amide bonds. The topological polar surface area (TPSA) is 90.9 Å². The van der Waals surface area contributed by atoms with Gasteiger partial charge in [-0.15, -0.1) is 0 Å². The zero-order valence-electron chi connectivity index (χ0n) is 22.0. The average molecular weight is 500 g/mol. The molecule has 2 aromatic carbocycles. The minimum Gasteiger partial charge on any atom is -0.326 e. The predicted molar refractivity (Wildman–Crippen MR) is 149 cm³/mol. The Morgan fingerprint density at radius 2 is 1.73 bits per heavy atom. The number of carbonyl (C=O) groups excluding carboxylic acids is 1. The Kier molecular flexibility index (Phi) is 7.57. The molecular formula is C29H33N5O3. The maximum Gasteiger partial charge on any atom is 0.332 e. The van der Waals surface area contributed by atoms with E-state index in [-0.39, 0.29) is 23.1 Å².